The van der Waals surface area contributed by atoms with Gasteiger partial charge >= 0.3 is 5.97 Å². The maximum Gasteiger partial charge on any atom is 0.303 e. The van der Waals surface area contributed by atoms with E-state index < -0.39 is 0 Å². The van der Waals surface area contributed by atoms with Crippen molar-refractivity contribution in [1.82, 2.24) is 0 Å². The van der Waals surface area contributed by atoms with Crippen LogP contribution in [0.3, 0.4) is 0 Å². The van der Waals surface area contributed by atoms with Crippen LogP contribution in [0, 0.1) is 16.7 Å². The first-order valence-electron chi connectivity index (χ1n) is 10.4. The van der Waals surface area contributed by atoms with Crippen molar-refractivity contribution >= 4 is 5.97 Å². The number of methoxy groups -OCH3 is 1. The number of fused-ring (bicyclic) bond motifs is 3. The second kappa shape index (κ2) is 5.50. The Bertz CT molecular complexity index is 792. The van der Waals surface area contributed by atoms with E-state index in [4.69, 9.17) is 9.47 Å². The summed E-state index contributed by atoms with van der Waals surface area (Å²) in [5.74, 6) is 1.38. The third-order valence-electron chi connectivity index (χ3n) is 9.00. The number of hydrogen-bond acceptors (Lipinski definition) is 4. The van der Waals surface area contributed by atoms with Gasteiger partial charge in [0.05, 0.1) is 13.2 Å². The summed E-state index contributed by atoms with van der Waals surface area (Å²) in [6.07, 6.45) is 6.64. The van der Waals surface area contributed by atoms with Crippen molar-refractivity contribution in [3.05, 3.63) is 29.3 Å². The SMILES string of the molecule is COc1ccc2c(c1)CC[C@@H]1[C@H]2[C@H](O)C[C@]2(C)C3(OC(C)=O)CCC12CC3. The van der Waals surface area contributed by atoms with Crippen LogP contribution >= 0.6 is 0 Å². The Morgan fingerprint density at radius 3 is 2.63 bits per heavy atom. The van der Waals surface area contributed by atoms with Crippen LogP contribution in [-0.4, -0.2) is 29.9 Å². The van der Waals surface area contributed by atoms with E-state index in [1.165, 1.54) is 18.1 Å². The van der Waals surface area contributed by atoms with E-state index in [0.717, 1.165) is 50.7 Å². The van der Waals surface area contributed by atoms with Crippen LogP contribution in [-0.2, 0) is 16.0 Å². The Morgan fingerprint density at radius 1 is 1.22 bits per heavy atom. The van der Waals surface area contributed by atoms with Crippen LogP contribution in [0.15, 0.2) is 18.2 Å². The zero-order valence-corrected chi connectivity index (χ0v) is 16.6. The second-order valence-corrected chi connectivity index (χ2v) is 9.58. The smallest absolute Gasteiger partial charge is 0.303 e. The Labute approximate surface area is 161 Å². The van der Waals surface area contributed by atoms with Crippen LogP contribution in [0.4, 0.5) is 0 Å². The Kier molecular flexibility index (Phi) is 3.57. The van der Waals surface area contributed by atoms with Crippen LogP contribution in [0.25, 0.3) is 0 Å². The average molecular weight is 370 g/mol. The zero-order valence-electron chi connectivity index (χ0n) is 16.6. The molecule has 0 spiro atoms. The largest absolute Gasteiger partial charge is 0.497 e. The molecule has 27 heavy (non-hydrogen) atoms. The maximum atomic E-state index is 11.9. The molecule has 0 aromatic heterocycles. The first kappa shape index (κ1) is 17.5. The molecule has 1 aromatic rings. The lowest BCUT2D eigenvalue weighted by molar-refractivity contribution is -0.181. The van der Waals surface area contributed by atoms with Crippen molar-refractivity contribution in [2.24, 2.45) is 16.7 Å². The molecule has 0 saturated heterocycles. The summed E-state index contributed by atoms with van der Waals surface area (Å²) in [6.45, 7) is 3.83. The monoisotopic (exact) mass is 370 g/mol. The third kappa shape index (κ3) is 2.00. The summed E-state index contributed by atoms with van der Waals surface area (Å²) >= 11 is 0. The molecule has 0 unspecified atom stereocenters. The fraction of sp³-hybridized carbons (Fsp3) is 0.696. The highest BCUT2D eigenvalue weighted by Crippen LogP contribution is 2.78. The van der Waals surface area contributed by atoms with Crippen LogP contribution < -0.4 is 4.74 Å². The lowest BCUT2D eigenvalue weighted by Crippen LogP contribution is -2.57. The van der Waals surface area contributed by atoms with Gasteiger partial charge in [-0.3, -0.25) is 4.79 Å². The molecule has 4 aliphatic carbocycles. The van der Waals surface area contributed by atoms with Gasteiger partial charge in [-0.2, -0.15) is 0 Å². The highest BCUT2D eigenvalue weighted by molar-refractivity contribution is 5.67. The standard InChI is InChI=1S/C23H30O4/c1-14(24)27-23-10-8-22(9-11-23)18-7-4-15-12-16(26-3)5-6-17(15)20(18)19(25)13-21(22,23)2/h5-6,12,18-20,25H,4,7-11,13H2,1-3H3/t18-,19-,20+,21+,22?,23?/m1/s1. The topological polar surface area (TPSA) is 55.8 Å². The number of hydrogen-bond donors (Lipinski definition) is 1. The molecule has 0 amide bonds. The van der Waals surface area contributed by atoms with Crippen molar-refractivity contribution in [3.8, 4) is 5.75 Å². The quantitative estimate of drug-likeness (QED) is 0.800. The highest BCUT2D eigenvalue weighted by atomic mass is 16.6. The molecule has 4 aliphatic rings. The predicted molar refractivity (Wildman–Crippen MR) is 102 cm³/mol. The fourth-order valence-corrected chi connectivity index (χ4v) is 7.92. The van der Waals surface area contributed by atoms with E-state index in [9.17, 15) is 9.90 Å². The Hall–Kier alpha value is -1.55. The minimum atomic E-state index is -0.383. The van der Waals surface area contributed by atoms with E-state index in [1.807, 2.05) is 6.07 Å². The molecule has 146 valence electrons. The number of ether oxygens (including phenoxy) is 2. The molecule has 0 heterocycles. The summed E-state index contributed by atoms with van der Waals surface area (Å²) in [5.41, 5.74) is 2.34. The summed E-state index contributed by atoms with van der Waals surface area (Å²) in [6, 6.07) is 6.36. The van der Waals surface area contributed by atoms with E-state index in [2.05, 4.69) is 19.1 Å². The van der Waals surface area contributed by atoms with Gasteiger partial charge in [-0.25, -0.2) is 0 Å². The van der Waals surface area contributed by atoms with Gasteiger partial charge in [-0.1, -0.05) is 13.0 Å². The van der Waals surface area contributed by atoms with Gasteiger partial charge < -0.3 is 14.6 Å². The fourth-order valence-electron chi connectivity index (χ4n) is 7.92. The number of aliphatic hydroxyl groups is 1. The normalized spacial score (nSPS) is 44.2. The molecule has 4 atom stereocenters. The first-order valence-corrected chi connectivity index (χ1v) is 10.4. The van der Waals surface area contributed by atoms with Crippen LogP contribution in [0.5, 0.6) is 5.75 Å². The lowest BCUT2D eigenvalue weighted by Gasteiger charge is -2.58. The molecule has 5 rings (SSSR count). The molecular formula is C23H30O4. The second-order valence-electron chi connectivity index (χ2n) is 9.58. The van der Waals surface area contributed by atoms with Gasteiger partial charge in [-0.05, 0) is 79.5 Å². The zero-order chi connectivity index (χ0) is 19.0. The summed E-state index contributed by atoms with van der Waals surface area (Å²) in [5, 5.41) is 11.3. The van der Waals surface area contributed by atoms with Gasteiger partial charge in [-0.15, -0.1) is 0 Å². The Balaban J connectivity index is 1.59. The van der Waals surface area contributed by atoms with Crippen molar-refractivity contribution in [2.75, 3.05) is 7.11 Å². The van der Waals surface area contributed by atoms with Crippen molar-refractivity contribution in [3.63, 3.8) is 0 Å². The molecular weight excluding hydrogens is 340 g/mol. The van der Waals surface area contributed by atoms with Crippen molar-refractivity contribution < 1.29 is 19.4 Å². The molecule has 0 aliphatic heterocycles. The number of carbonyl (C=O) groups is 1. The van der Waals surface area contributed by atoms with E-state index in [-0.39, 0.29) is 34.4 Å². The Morgan fingerprint density at radius 2 is 1.96 bits per heavy atom. The molecule has 3 saturated carbocycles. The summed E-state index contributed by atoms with van der Waals surface area (Å²) < 4.78 is 11.4. The number of benzene rings is 1. The maximum absolute atomic E-state index is 11.9. The van der Waals surface area contributed by atoms with E-state index >= 15 is 0 Å². The molecule has 0 radical (unpaired) electrons. The lowest BCUT2D eigenvalue weighted by atomic mass is 9.47. The third-order valence-corrected chi connectivity index (χ3v) is 9.00. The van der Waals surface area contributed by atoms with Gasteiger partial charge in [0.1, 0.15) is 11.4 Å². The minimum absolute atomic E-state index is 0.115. The van der Waals surface area contributed by atoms with Gasteiger partial charge in [0, 0.05) is 18.3 Å². The molecule has 2 bridgehead atoms. The van der Waals surface area contributed by atoms with E-state index in [1.54, 1.807) is 7.11 Å². The highest BCUT2D eigenvalue weighted by Gasteiger charge is 2.76. The van der Waals surface area contributed by atoms with Gasteiger partial charge in [0.25, 0.3) is 0 Å². The number of rotatable bonds is 2. The van der Waals surface area contributed by atoms with Crippen LogP contribution in [0.2, 0.25) is 0 Å². The molecule has 4 nitrogen and oxygen atoms in total. The number of aryl methyl sites for hydroxylation is 1. The summed E-state index contributed by atoms with van der Waals surface area (Å²) in [4.78, 5) is 11.9. The number of esters is 1. The predicted octanol–water partition coefficient (Wildman–Crippen LogP) is 3.99. The molecule has 1 N–H and O–H groups in total. The van der Waals surface area contributed by atoms with Gasteiger partial charge in [0.2, 0.25) is 0 Å². The van der Waals surface area contributed by atoms with Crippen molar-refractivity contribution in [2.45, 2.75) is 76.4 Å². The van der Waals surface area contributed by atoms with Gasteiger partial charge in [0.15, 0.2) is 0 Å². The van der Waals surface area contributed by atoms with E-state index in [0.29, 0.717) is 5.92 Å². The first-order chi connectivity index (χ1) is 12.9. The minimum Gasteiger partial charge on any atom is -0.497 e. The number of aliphatic hydroxyl groups excluding tert-OH is 1. The number of carbonyl (C=O) groups excluding carboxylic acids is 1. The van der Waals surface area contributed by atoms with Crippen molar-refractivity contribution in [1.29, 1.82) is 0 Å². The molecule has 3 fully saturated rings. The molecule has 4 heteroatoms. The average Bonchev–Trinajstić information content (AvgIpc) is 3.02. The summed E-state index contributed by atoms with van der Waals surface area (Å²) in [7, 11) is 1.71. The van der Waals surface area contributed by atoms with Crippen LogP contribution in [0.1, 0.15) is 69.4 Å². The molecule has 1 aromatic carbocycles.